The third-order valence-corrected chi connectivity index (χ3v) is 8.36. The number of carbonyl (C=O) groups is 1. The molecule has 0 bridgehead atoms. The summed E-state index contributed by atoms with van der Waals surface area (Å²) in [7, 11) is 0. The van der Waals surface area contributed by atoms with Crippen LogP contribution >= 0.6 is 11.6 Å². The zero-order valence-electron chi connectivity index (χ0n) is 20.8. The number of halogens is 1. The first-order chi connectivity index (χ1) is 17.9. The number of hydrogen-bond donors (Lipinski definition) is 2. The zero-order chi connectivity index (χ0) is 25.8. The molecule has 1 aromatic carbocycles. The number of rotatable bonds is 4. The van der Waals surface area contributed by atoms with Gasteiger partial charge in [-0.15, -0.1) is 10.2 Å². The second-order valence-electron chi connectivity index (χ2n) is 10.7. The summed E-state index contributed by atoms with van der Waals surface area (Å²) in [6, 6.07) is 10.6. The molecule has 3 fully saturated rings. The summed E-state index contributed by atoms with van der Waals surface area (Å²) in [5, 5.41) is 30.4. The van der Waals surface area contributed by atoms with Gasteiger partial charge in [0.25, 0.3) is 5.91 Å². The number of nitriles is 1. The lowest BCUT2D eigenvalue weighted by atomic mass is 9.56. The second-order valence-corrected chi connectivity index (χ2v) is 11.1. The summed E-state index contributed by atoms with van der Waals surface area (Å²) in [6.07, 6.45) is 9.42. The van der Waals surface area contributed by atoms with Crippen molar-refractivity contribution in [3.05, 3.63) is 52.3 Å². The maximum atomic E-state index is 12.7. The molecule has 0 unspecified atom stereocenters. The van der Waals surface area contributed by atoms with Gasteiger partial charge in [0, 0.05) is 18.0 Å². The number of aliphatic hydroxyl groups excluding tert-OH is 1. The highest BCUT2D eigenvalue weighted by Gasteiger charge is 2.45. The molecule has 2 aromatic rings. The molecule has 2 N–H and O–H groups in total. The Morgan fingerprint density at radius 3 is 2.49 bits per heavy atom. The number of benzene rings is 1. The van der Waals surface area contributed by atoms with Crippen LogP contribution in [-0.4, -0.2) is 39.5 Å². The normalized spacial score (nSPS) is 28.8. The van der Waals surface area contributed by atoms with Gasteiger partial charge < -0.3 is 15.2 Å². The number of nitrogens with one attached hydrogen (secondary N) is 1. The highest BCUT2D eigenvalue weighted by atomic mass is 35.5. The third kappa shape index (κ3) is 6.24. The number of hydrogen-bond acceptors (Lipinski definition) is 6. The summed E-state index contributed by atoms with van der Waals surface area (Å²) in [4.78, 5) is 12.7. The molecule has 1 heterocycles. The van der Waals surface area contributed by atoms with Crippen molar-refractivity contribution < 1.29 is 14.6 Å². The van der Waals surface area contributed by atoms with E-state index in [1.54, 1.807) is 30.3 Å². The molecule has 0 saturated heterocycles. The van der Waals surface area contributed by atoms with E-state index in [9.17, 15) is 9.90 Å². The molecule has 0 atom stereocenters. The van der Waals surface area contributed by atoms with Gasteiger partial charge in [-0.2, -0.15) is 5.26 Å². The van der Waals surface area contributed by atoms with Gasteiger partial charge in [-0.3, -0.25) is 4.79 Å². The maximum Gasteiger partial charge on any atom is 0.272 e. The van der Waals surface area contributed by atoms with Crippen molar-refractivity contribution in [1.29, 1.82) is 5.26 Å². The minimum atomic E-state index is -0.226. The van der Waals surface area contributed by atoms with Crippen LogP contribution in [0.15, 0.2) is 30.3 Å². The molecule has 37 heavy (non-hydrogen) atoms. The van der Waals surface area contributed by atoms with E-state index in [0.717, 1.165) is 64.2 Å². The second kappa shape index (κ2) is 11.1. The lowest BCUT2D eigenvalue weighted by molar-refractivity contribution is -0.00721. The van der Waals surface area contributed by atoms with Crippen molar-refractivity contribution in [2.45, 2.75) is 82.5 Å². The van der Waals surface area contributed by atoms with Crippen LogP contribution in [0.2, 0.25) is 5.02 Å². The quantitative estimate of drug-likeness (QED) is 0.562. The van der Waals surface area contributed by atoms with Crippen LogP contribution in [0.1, 0.15) is 86.0 Å². The molecular weight excluding hydrogens is 488 g/mol. The predicted octanol–water partition coefficient (Wildman–Crippen LogP) is 4.80. The van der Waals surface area contributed by atoms with E-state index in [1.165, 1.54) is 0 Å². The number of amides is 1. The first-order valence-electron chi connectivity index (χ1n) is 13.1. The standard InChI is InChI=1S/C29H31ClN4O3/c30-26-15-25(7-2-20(26)18-31)37-24-8-4-21(5-9-24)32-28(36)27-10-6-22(33-34-27)3-1-19-16-29(17-19)13-11-23(35)12-14-29/h2,6-7,10,15,19,21,23-24,35H,4-5,8-9,11-14,16-17H2,(H,32,36). The molecule has 3 aliphatic carbocycles. The summed E-state index contributed by atoms with van der Waals surface area (Å²) in [5.74, 6) is 7.24. The van der Waals surface area contributed by atoms with Crippen molar-refractivity contribution in [3.8, 4) is 23.7 Å². The average molecular weight is 519 g/mol. The molecule has 3 saturated carbocycles. The van der Waals surface area contributed by atoms with Gasteiger partial charge in [0.05, 0.1) is 22.8 Å². The minimum Gasteiger partial charge on any atom is -0.490 e. The molecule has 192 valence electrons. The Labute approximate surface area is 222 Å². The fraction of sp³-hybridized carbons (Fsp3) is 0.517. The Morgan fingerprint density at radius 2 is 1.84 bits per heavy atom. The smallest absolute Gasteiger partial charge is 0.272 e. The van der Waals surface area contributed by atoms with Crippen LogP contribution in [0, 0.1) is 34.5 Å². The fourth-order valence-electron chi connectivity index (χ4n) is 5.84. The molecule has 3 aliphatic rings. The number of carbonyl (C=O) groups excluding carboxylic acids is 1. The van der Waals surface area contributed by atoms with Crippen LogP contribution < -0.4 is 10.1 Å². The largest absolute Gasteiger partial charge is 0.490 e. The van der Waals surface area contributed by atoms with Crippen molar-refractivity contribution in [2.24, 2.45) is 11.3 Å². The van der Waals surface area contributed by atoms with Gasteiger partial charge in [-0.05, 0) is 99.8 Å². The van der Waals surface area contributed by atoms with E-state index in [0.29, 0.717) is 39.1 Å². The topological polar surface area (TPSA) is 108 Å². The van der Waals surface area contributed by atoms with Gasteiger partial charge in [0.1, 0.15) is 17.5 Å². The maximum absolute atomic E-state index is 12.7. The molecule has 1 amide bonds. The Morgan fingerprint density at radius 1 is 1.08 bits per heavy atom. The van der Waals surface area contributed by atoms with Gasteiger partial charge in [0.2, 0.25) is 0 Å². The van der Waals surface area contributed by atoms with E-state index >= 15 is 0 Å². The van der Waals surface area contributed by atoms with Crippen molar-refractivity contribution in [3.63, 3.8) is 0 Å². The van der Waals surface area contributed by atoms with E-state index in [1.807, 2.05) is 6.07 Å². The van der Waals surface area contributed by atoms with Crippen LogP contribution in [0.3, 0.4) is 0 Å². The molecule has 0 radical (unpaired) electrons. The van der Waals surface area contributed by atoms with Crippen LogP contribution in [-0.2, 0) is 0 Å². The summed E-state index contributed by atoms with van der Waals surface area (Å²) < 4.78 is 6.02. The number of aromatic nitrogens is 2. The van der Waals surface area contributed by atoms with Gasteiger partial charge in [0.15, 0.2) is 5.69 Å². The molecule has 1 aromatic heterocycles. The number of nitrogens with zero attached hydrogens (tertiary/aromatic N) is 3. The number of aliphatic hydroxyl groups is 1. The minimum absolute atomic E-state index is 0.0464. The van der Waals surface area contributed by atoms with Gasteiger partial charge in [-0.1, -0.05) is 17.5 Å². The Kier molecular flexibility index (Phi) is 7.65. The molecule has 0 aliphatic heterocycles. The van der Waals surface area contributed by atoms with E-state index in [2.05, 4.69) is 27.4 Å². The molecule has 1 spiro atoms. The summed E-state index contributed by atoms with van der Waals surface area (Å²) >= 11 is 6.09. The average Bonchev–Trinajstić information content (AvgIpc) is 2.89. The van der Waals surface area contributed by atoms with Gasteiger partial charge in [-0.25, -0.2) is 0 Å². The molecular formula is C29H31ClN4O3. The van der Waals surface area contributed by atoms with Crippen molar-refractivity contribution >= 4 is 17.5 Å². The Bertz CT molecular complexity index is 1220. The lowest BCUT2D eigenvalue weighted by Crippen LogP contribution is -2.40. The SMILES string of the molecule is N#Cc1ccc(OC2CCC(NC(=O)c3ccc(C#CC4CC5(CCC(O)CC5)C4)nn3)CC2)cc1Cl. The van der Waals surface area contributed by atoms with E-state index < -0.39 is 0 Å². The van der Waals surface area contributed by atoms with Crippen LogP contribution in [0.25, 0.3) is 0 Å². The Hall–Kier alpha value is -3.13. The van der Waals surface area contributed by atoms with Crippen LogP contribution in [0.4, 0.5) is 0 Å². The molecule has 7 nitrogen and oxygen atoms in total. The van der Waals surface area contributed by atoms with E-state index in [4.69, 9.17) is 21.6 Å². The monoisotopic (exact) mass is 518 g/mol. The van der Waals surface area contributed by atoms with Crippen molar-refractivity contribution in [2.75, 3.05) is 0 Å². The zero-order valence-corrected chi connectivity index (χ0v) is 21.5. The molecule has 5 rings (SSSR count). The van der Waals surface area contributed by atoms with Crippen molar-refractivity contribution in [1.82, 2.24) is 15.5 Å². The summed E-state index contributed by atoms with van der Waals surface area (Å²) in [5.41, 5.74) is 1.70. The third-order valence-electron chi connectivity index (χ3n) is 8.05. The first-order valence-corrected chi connectivity index (χ1v) is 13.5. The predicted molar refractivity (Wildman–Crippen MR) is 139 cm³/mol. The first kappa shape index (κ1) is 25.5. The van der Waals surface area contributed by atoms with Crippen LogP contribution in [0.5, 0.6) is 5.75 Å². The van der Waals surface area contributed by atoms with E-state index in [-0.39, 0.29) is 24.2 Å². The molecule has 8 heteroatoms. The fourth-order valence-corrected chi connectivity index (χ4v) is 6.06. The highest BCUT2D eigenvalue weighted by Crippen LogP contribution is 2.54. The summed E-state index contributed by atoms with van der Waals surface area (Å²) in [6.45, 7) is 0. The van der Waals surface area contributed by atoms with Gasteiger partial charge >= 0.3 is 0 Å². The lowest BCUT2D eigenvalue weighted by Gasteiger charge is -2.49. The Balaban J connectivity index is 1.05. The highest BCUT2D eigenvalue weighted by molar-refractivity contribution is 6.31. The number of ether oxygens (including phenoxy) is 1.